The number of nitrogens with one attached hydrogen (secondary N) is 1. The predicted molar refractivity (Wildman–Crippen MR) is 67.8 cm³/mol. The topological polar surface area (TPSA) is 63.6 Å². The number of hydrogen-bond donors (Lipinski definition) is 1. The molecule has 0 radical (unpaired) electrons. The van der Waals surface area contributed by atoms with Gasteiger partial charge in [-0.1, -0.05) is 25.2 Å². The summed E-state index contributed by atoms with van der Waals surface area (Å²) in [5, 5.41) is 13.3. The summed E-state index contributed by atoms with van der Waals surface area (Å²) in [7, 11) is 0. The highest BCUT2D eigenvalue weighted by Crippen LogP contribution is 2.18. The summed E-state index contributed by atoms with van der Waals surface area (Å²) in [5.74, 6) is 0.607. The Morgan fingerprint density at radius 3 is 2.88 bits per heavy atom. The van der Waals surface area contributed by atoms with Gasteiger partial charge in [-0.05, 0) is 5.92 Å². The molecule has 0 atom stereocenters. The van der Waals surface area contributed by atoms with Crippen molar-refractivity contribution in [2.75, 3.05) is 5.32 Å². The molecule has 0 aliphatic rings. The van der Waals surface area contributed by atoms with Gasteiger partial charge in [-0.2, -0.15) is 0 Å². The largest absolute Gasteiger partial charge is 0.354 e. The van der Waals surface area contributed by atoms with Crippen molar-refractivity contribution in [3.05, 3.63) is 29.3 Å². The summed E-state index contributed by atoms with van der Waals surface area (Å²) in [6, 6.07) is 0. The van der Waals surface area contributed by atoms with E-state index in [0.717, 1.165) is 22.3 Å². The molecule has 0 saturated carbocycles. The van der Waals surface area contributed by atoms with E-state index < -0.39 is 0 Å². The summed E-state index contributed by atoms with van der Waals surface area (Å²) in [6.45, 7) is 4.98. The van der Waals surface area contributed by atoms with Crippen LogP contribution in [-0.4, -0.2) is 20.2 Å². The van der Waals surface area contributed by atoms with E-state index in [1.807, 2.05) is 0 Å². The van der Waals surface area contributed by atoms with Gasteiger partial charge < -0.3 is 5.32 Å². The van der Waals surface area contributed by atoms with Gasteiger partial charge in [0.05, 0.1) is 18.4 Å². The highest BCUT2D eigenvalue weighted by atomic mass is 32.1. The minimum atomic E-state index is 0.607. The highest BCUT2D eigenvalue weighted by Gasteiger charge is 2.05. The number of hydrogen-bond acceptors (Lipinski definition) is 6. The smallest absolute Gasteiger partial charge is 0.205 e. The Morgan fingerprint density at radius 1 is 1.29 bits per heavy atom. The van der Waals surface area contributed by atoms with Crippen molar-refractivity contribution in [1.82, 2.24) is 20.2 Å². The Kier molecular flexibility index (Phi) is 3.98. The minimum absolute atomic E-state index is 0.607. The van der Waals surface area contributed by atoms with Gasteiger partial charge in [-0.3, -0.25) is 9.97 Å². The molecule has 2 heterocycles. The minimum Gasteiger partial charge on any atom is -0.354 e. The third-order valence-corrected chi connectivity index (χ3v) is 2.99. The van der Waals surface area contributed by atoms with Gasteiger partial charge in [0.2, 0.25) is 5.13 Å². The lowest BCUT2D eigenvalue weighted by Crippen LogP contribution is -2.01. The first kappa shape index (κ1) is 11.9. The third-order valence-electron chi connectivity index (χ3n) is 2.09. The van der Waals surface area contributed by atoms with E-state index in [1.165, 1.54) is 0 Å². The molecule has 90 valence electrons. The molecule has 0 unspecified atom stereocenters. The van der Waals surface area contributed by atoms with Gasteiger partial charge in [0.15, 0.2) is 0 Å². The fourth-order valence-corrected chi connectivity index (χ4v) is 2.29. The number of rotatable bonds is 5. The maximum atomic E-state index is 4.18. The van der Waals surface area contributed by atoms with Crippen molar-refractivity contribution in [3.8, 4) is 0 Å². The maximum absolute atomic E-state index is 4.18. The van der Waals surface area contributed by atoms with Crippen molar-refractivity contribution in [3.63, 3.8) is 0 Å². The Bertz CT molecular complexity index is 454. The Labute approximate surface area is 104 Å². The zero-order valence-corrected chi connectivity index (χ0v) is 10.7. The first-order valence-corrected chi connectivity index (χ1v) is 6.37. The van der Waals surface area contributed by atoms with Gasteiger partial charge in [-0.25, -0.2) is 0 Å². The van der Waals surface area contributed by atoms with Crippen LogP contribution in [0.4, 0.5) is 5.13 Å². The molecule has 2 aromatic heterocycles. The van der Waals surface area contributed by atoms with Crippen LogP contribution in [0.3, 0.4) is 0 Å². The highest BCUT2D eigenvalue weighted by molar-refractivity contribution is 7.15. The first-order valence-electron chi connectivity index (χ1n) is 5.55. The molecule has 0 amide bonds. The van der Waals surface area contributed by atoms with E-state index in [1.54, 1.807) is 29.9 Å². The fourth-order valence-electron chi connectivity index (χ4n) is 1.34. The zero-order valence-electron chi connectivity index (χ0n) is 9.92. The van der Waals surface area contributed by atoms with E-state index in [2.05, 4.69) is 39.3 Å². The zero-order chi connectivity index (χ0) is 12.1. The number of nitrogens with zero attached hydrogens (tertiary/aromatic N) is 4. The van der Waals surface area contributed by atoms with Crippen molar-refractivity contribution < 1.29 is 0 Å². The molecule has 1 N–H and O–H groups in total. The second-order valence-electron chi connectivity index (χ2n) is 4.15. The van der Waals surface area contributed by atoms with E-state index in [-0.39, 0.29) is 0 Å². The molecule has 0 bridgehead atoms. The van der Waals surface area contributed by atoms with Gasteiger partial charge in [0.1, 0.15) is 5.01 Å². The van der Waals surface area contributed by atoms with Crippen molar-refractivity contribution >= 4 is 16.5 Å². The van der Waals surface area contributed by atoms with Gasteiger partial charge in [0.25, 0.3) is 0 Å². The summed E-state index contributed by atoms with van der Waals surface area (Å²) >= 11 is 1.60. The molecule has 0 aliphatic carbocycles. The first-order chi connectivity index (χ1) is 8.24. The van der Waals surface area contributed by atoms with E-state index >= 15 is 0 Å². The Balaban J connectivity index is 1.89. The average Bonchev–Trinajstić information content (AvgIpc) is 2.75. The normalized spacial score (nSPS) is 10.8. The fraction of sp³-hybridized carbons (Fsp3) is 0.455. The molecule has 0 fully saturated rings. The molecule has 0 spiro atoms. The molecule has 5 nitrogen and oxygen atoms in total. The number of anilines is 1. The van der Waals surface area contributed by atoms with Gasteiger partial charge >= 0.3 is 0 Å². The van der Waals surface area contributed by atoms with Crippen molar-refractivity contribution in [2.45, 2.75) is 26.8 Å². The van der Waals surface area contributed by atoms with Crippen LogP contribution in [0, 0.1) is 5.92 Å². The van der Waals surface area contributed by atoms with Crippen LogP contribution in [0.15, 0.2) is 18.6 Å². The lowest BCUT2D eigenvalue weighted by Gasteiger charge is -2.00. The molecule has 2 aromatic rings. The van der Waals surface area contributed by atoms with E-state index in [0.29, 0.717) is 12.5 Å². The maximum Gasteiger partial charge on any atom is 0.205 e. The van der Waals surface area contributed by atoms with E-state index in [9.17, 15) is 0 Å². The second kappa shape index (κ2) is 5.67. The second-order valence-corrected chi connectivity index (χ2v) is 5.21. The molecule has 2 rings (SSSR count). The Hall–Kier alpha value is -1.56. The molecule has 0 saturated heterocycles. The van der Waals surface area contributed by atoms with Crippen LogP contribution in [0.2, 0.25) is 0 Å². The lowest BCUT2D eigenvalue weighted by molar-refractivity contribution is 0.640. The van der Waals surface area contributed by atoms with Crippen molar-refractivity contribution in [2.24, 2.45) is 5.92 Å². The van der Waals surface area contributed by atoms with Crippen LogP contribution in [0.1, 0.15) is 24.5 Å². The van der Waals surface area contributed by atoms with Crippen LogP contribution >= 0.6 is 11.3 Å². The summed E-state index contributed by atoms with van der Waals surface area (Å²) in [5.41, 5.74) is 0.896. The predicted octanol–water partition coefficient (Wildman–Crippen LogP) is 2.14. The van der Waals surface area contributed by atoms with E-state index in [4.69, 9.17) is 0 Å². The van der Waals surface area contributed by atoms with Crippen LogP contribution in [-0.2, 0) is 13.0 Å². The molecule has 6 heteroatoms. The number of aromatic nitrogens is 4. The third kappa shape index (κ3) is 3.74. The van der Waals surface area contributed by atoms with Gasteiger partial charge in [-0.15, -0.1) is 10.2 Å². The molecular weight excluding hydrogens is 234 g/mol. The Morgan fingerprint density at radius 2 is 2.18 bits per heavy atom. The quantitative estimate of drug-likeness (QED) is 0.879. The van der Waals surface area contributed by atoms with Gasteiger partial charge in [0, 0.05) is 18.8 Å². The average molecular weight is 249 g/mol. The molecular formula is C11H15N5S. The monoisotopic (exact) mass is 249 g/mol. The molecule has 0 aromatic carbocycles. The standard InChI is InChI=1S/C11H15N5S/c1-8(2)5-10-15-16-11(17-10)14-7-9-6-12-3-4-13-9/h3-4,6,8H,5,7H2,1-2H3,(H,14,16). The molecule has 0 aliphatic heterocycles. The summed E-state index contributed by atoms with van der Waals surface area (Å²) in [4.78, 5) is 8.19. The van der Waals surface area contributed by atoms with Crippen molar-refractivity contribution in [1.29, 1.82) is 0 Å². The lowest BCUT2D eigenvalue weighted by atomic mass is 10.1. The summed E-state index contributed by atoms with van der Waals surface area (Å²) in [6.07, 6.45) is 6.06. The van der Waals surface area contributed by atoms with Crippen LogP contribution in [0.25, 0.3) is 0 Å². The van der Waals surface area contributed by atoms with Crippen LogP contribution < -0.4 is 5.32 Å². The molecule has 17 heavy (non-hydrogen) atoms. The SMILES string of the molecule is CC(C)Cc1nnc(NCc2cnccn2)s1. The summed E-state index contributed by atoms with van der Waals surface area (Å²) < 4.78 is 0. The van der Waals surface area contributed by atoms with Crippen LogP contribution in [0.5, 0.6) is 0 Å².